The molecule has 0 saturated heterocycles. The standard InChI is InChI=1S/C15H17N3O2/c19-18-12-17-14-5-7-15(8-6-14)20-10-2-4-13-3-1-9-16-11-13/h1,3,5-9,11-12,19H,2,4,10H2,(H,17,18). The number of nitrogens with one attached hydrogen (secondary N) is 1. The summed E-state index contributed by atoms with van der Waals surface area (Å²) >= 11 is 0. The number of rotatable bonds is 7. The van der Waals surface area contributed by atoms with Gasteiger partial charge in [-0.3, -0.25) is 15.7 Å². The van der Waals surface area contributed by atoms with Crippen LogP contribution in [0.25, 0.3) is 0 Å². The summed E-state index contributed by atoms with van der Waals surface area (Å²) in [5.41, 5.74) is 3.82. The topological polar surface area (TPSA) is 66.7 Å². The first kappa shape index (κ1) is 14.0. The third kappa shape index (κ3) is 4.70. The van der Waals surface area contributed by atoms with Crippen LogP contribution < -0.4 is 10.2 Å². The van der Waals surface area contributed by atoms with Crippen LogP contribution in [0.15, 0.2) is 53.8 Å². The fraction of sp³-hybridized carbons (Fsp3) is 0.200. The van der Waals surface area contributed by atoms with E-state index < -0.39 is 0 Å². The molecule has 104 valence electrons. The number of pyridine rings is 1. The number of aromatic nitrogens is 1. The van der Waals surface area contributed by atoms with Gasteiger partial charge in [-0.2, -0.15) is 0 Å². The van der Waals surface area contributed by atoms with Crippen LogP contribution in [0.4, 0.5) is 5.69 Å². The van der Waals surface area contributed by atoms with E-state index in [-0.39, 0.29) is 0 Å². The lowest BCUT2D eigenvalue weighted by atomic mass is 10.2. The zero-order valence-electron chi connectivity index (χ0n) is 11.1. The Morgan fingerprint density at radius 1 is 1.25 bits per heavy atom. The highest BCUT2D eigenvalue weighted by molar-refractivity contribution is 5.59. The molecule has 2 rings (SSSR count). The van der Waals surface area contributed by atoms with Gasteiger partial charge in [0.1, 0.15) is 12.1 Å². The Labute approximate surface area is 117 Å². The van der Waals surface area contributed by atoms with Crippen molar-refractivity contribution in [2.45, 2.75) is 12.8 Å². The highest BCUT2D eigenvalue weighted by Crippen LogP contribution is 2.17. The molecule has 0 aliphatic carbocycles. The monoisotopic (exact) mass is 271 g/mol. The van der Waals surface area contributed by atoms with Crippen LogP contribution in [0.5, 0.6) is 5.75 Å². The molecule has 1 aromatic heterocycles. The van der Waals surface area contributed by atoms with Gasteiger partial charge in [-0.25, -0.2) is 4.99 Å². The van der Waals surface area contributed by atoms with Gasteiger partial charge >= 0.3 is 0 Å². The quantitative estimate of drug-likeness (QED) is 0.352. The molecule has 5 heteroatoms. The van der Waals surface area contributed by atoms with E-state index in [0.717, 1.165) is 24.3 Å². The summed E-state index contributed by atoms with van der Waals surface area (Å²) in [5.74, 6) is 0.812. The summed E-state index contributed by atoms with van der Waals surface area (Å²) in [6.45, 7) is 0.662. The lowest BCUT2D eigenvalue weighted by Crippen LogP contribution is -2.01. The van der Waals surface area contributed by atoms with E-state index in [2.05, 4.69) is 16.0 Å². The van der Waals surface area contributed by atoms with E-state index in [1.165, 1.54) is 11.9 Å². The van der Waals surface area contributed by atoms with E-state index in [4.69, 9.17) is 9.94 Å². The third-order valence-electron chi connectivity index (χ3n) is 2.71. The minimum atomic E-state index is 0.662. The zero-order chi connectivity index (χ0) is 14.0. The molecule has 1 heterocycles. The molecule has 0 amide bonds. The van der Waals surface area contributed by atoms with Crippen molar-refractivity contribution in [3.8, 4) is 5.75 Å². The first-order valence-corrected chi connectivity index (χ1v) is 6.42. The van der Waals surface area contributed by atoms with E-state index in [1.54, 1.807) is 6.20 Å². The zero-order valence-corrected chi connectivity index (χ0v) is 11.1. The number of hydrogen-bond donors (Lipinski definition) is 2. The molecule has 20 heavy (non-hydrogen) atoms. The van der Waals surface area contributed by atoms with Gasteiger partial charge in [0.15, 0.2) is 0 Å². The largest absolute Gasteiger partial charge is 0.494 e. The second kappa shape index (κ2) is 7.91. The van der Waals surface area contributed by atoms with Gasteiger partial charge in [0.05, 0.1) is 12.3 Å². The van der Waals surface area contributed by atoms with Crippen molar-refractivity contribution in [2.24, 2.45) is 4.99 Å². The van der Waals surface area contributed by atoms with Crippen LogP contribution in [-0.2, 0) is 6.42 Å². The summed E-state index contributed by atoms with van der Waals surface area (Å²) in [7, 11) is 0. The molecule has 5 nitrogen and oxygen atoms in total. The van der Waals surface area contributed by atoms with Gasteiger partial charge in [-0.1, -0.05) is 6.07 Å². The Kier molecular flexibility index (Phi) is 5.54. The average Bonchev–Trinajstić information content (AvgIpc) is 2.52. The van der Waals surface area contributed by atoms with Crippen LogP contribution in [0.1, 0.15) is 12.0 Å². The van der Waals surface area contributed by atoms with E-state index in [0.29, 0.717) is 6.61 Å². The number of hydroxylamine groups is 1. The molecule has 0 fully saturated rings. The fourth-order valence-corrected chi connectivity index (χ4v) is 1.74. The molecule has 0 bridgehead atoms. The second-order valence-corrected chi connectivity index (χ2v) is 4.19. The molecular weight excluding hydrogens is 254 g/mol. The average molecular weight is 271 g/mol. The minimum Gasteiger partial charge on any atom is -0.494 e. The molecule has 0 saturated carbocycles. The maximum Gasteiger partial charge on any atom is 0.119 e. The lowest BCUT2D eigenvalue weighted by Gasteiger charge is -2.06. The Morgan fingerprint density at radius 3 is 2.80 bits per heavy atom. The first-order valence-electron chi connectivity index (χ1n) is 6.42. The van der Waals surface area contributed by atoms with Crippen molar-refractivity contribution in [1.82, 2.24) is 10.5 Å². The summed E-state index contributed by atoms with van der Waals surface area (Å²) in [6, 6.07) is 11.4. The van der Waals surface area contributed by atoms with Gasteiger partial charge < -0.3 is 4.74 Å². The van der Waals surface area contributed by atoms with E-state index >= 15 is 0 Å². The Balaban J connectivity index is 1.73. The lowest BCUT2D eigenvalue weighted by molar-refractivity contribution is 0.240. The Bertz CT molecular complexity index is 527. The number of ether oxygens (including phenoxy) is 1. The van der Waals surface area contributed by atoms with Gasteiger partial charge in [0, 0.05) is 12.4 Å². The van der Waals surface area contributed by atoms with Crippen molar-refractivity contribution in [3.05, 3.63) is 54.4 Å². The number of aliphatic imine (C=N–C) groups is 1. The van der Waals surface area contributed by atoms with Gasteiger partial charge in [0.25, 0.3) is 0 Å². The van der Waals surface area contributed by atoms with Crippen LogP contribution in [0, 0.1) is 0 Å². The van der Waals surface area contributed by atoms with Crippen molar-refractivity contribution in [3.63, 3.8) is 0 Å². The van der Waals surface area contributed by atoms with Gasteiger partial charge in [-0.05, 0) is 48.7 Å². The second-order valence-electron chi connectivity index (χ2n) is 4.19. The highest BCUT2D eigenvalue weighted by atomic mass is 16.5. The number of nitrogens with zero attached hydrogens (tertiary/aromatic N) is 2. The smallest absolute Gasteiger partial charge is 0.119 e. The Hall–Kier alpha value is -2.40. The molecule has 0 spiro atoms. The highest BCUT2D eigenvalue weighted by Gasteiger charge is 1.96. The van der Waals surface area contributed by atoms with Crippen molar-refractivity contribution < 1.29 is 9.94 Å². The molecule has 0 radical (unpaired) electrons. The van der Waals surface area contributed by atoms with Crippen LogP contribution in [0.3, 0.4) is 0 Å². The molecule has 2 N–H and O–H groups in total. The predicted molar refractivity (Wildman–Crippen MR) is 77.6 cm³/mol. The van der Waals surface area contributed by atoms with Crippen LogP contribution >= 0.6 is 0 Å². The summed E-state index contributed by atoms with van der Waals surface area (Å²) in [6.07, 6.45) is 6.76. The third-order valence-corrected chi connectivity index (χ3v) is 2.71. The number of benzene rings is 1. The van der Waals surface area contributed by atoms with E-state index in [1.807, 2.05) is 42.0 Å². The van der Waals surface area contributed by atoms with Crippen LogP contribution in [0.2, 0.25) is 0 Å². The van der Waals surface area contributed by atoms with Crippen LogP contribution in [-0.4, -0.2) is 23.1 Å². The maximum atomic E-state index is 8.39. The molecular formula is C15H17N3O2. The minimum absolute atomic E-state index is 0.662. The fourth-order valence-electron chi connectivity index (χ4n) is 1.74. The molecule has 0 aliphatic heterocycles. The van der Waals surface area contributed by atoms with Crippen molar-refractivity contribution in [1.29, 1.82) is 0 Å². The molecule has 0 aliphatic rings. The van der Waals surface area contributed by atoms with Crippen molar-refractivity contribution >= 4 is 12.0 Å². The first-order chi connectivity index (χ1) is 9.88. The van der Waals surface area contributed by atoms with Gasteiger partial charge in [-0.15, -0.1) is 0 Å². The van der Waals surface area contributed by atoms with Crippen molar-refractivity contribution in [2.75, 3.05) is 6.61 Å². The SMILES string of the molecule is ONC=Nc1ccc(OCCCc2cccnc2)cc1. The number of hydrogen-bond acceptors (Lipinski definition) is 4. The Morgan fingerprint density at radius 2 is 2.10 bits per heavy atom. The predicted octanol–water partition coefficient (Wildman–Crippen LogP) is 2.73. The normalized spacial score (nSPS) is 10.7. The number of aryl methyl sites for hydroxylation is 1. The van der Waals surface area contributed by atoms with E-state index in [9.17, 15) is 0 Å². The molecule has 1 aromatic carbocycles. The summed E-state index contributed by atoms with van der Waals surface area (Å²) < 4.78 is 5.65. The molecule has 0 unspecified atom stereocenters. The summed E-state index contributed by atoms with van der Waals surface area (Å²) in [5, 5.41) is 8.39. The summed E-state index contributed by atoms with van der Waals surface area (Å²) in [4.78, 5) is 8.03. The molecule has 2 aromatic rings. The van der Waals surface area contributed by atoms with Gasteiger partial charge in [0.2, 0.25) is 0 Å². The maximum absolute atomic E-state index is 8.39. The molecule has 0 atom stereocenters.